The van der Waals surface area contributed by atoms with Gasteiger partial charge in [0, 0.05) is 4.47 Å². The van der Waals surface area contributed by atoms with Gasteiger partial charge in [-0.15, -0.1) is 0 Å². The summed E-state index contributed by atoms with van der Waals surface area (Å²) in [6, 6.07) is 4.97. The molecule has 0 saturated heterocycles. The van der Waals surface area contributed by atoms with Gasteiger partial charge in [0.1, 0.15) is 6.54 Å². The van der Waals surface area contributed by atoms with E-state index in [0.717, 1.165) is 9.04 Å². The van der Waals surface area contributed by atoms with Gasteiger partial charge in [0.05, 0.1) is 5.52 Å². The molecule has 0 fully saturated rings. The van der Waals surface area contributed by atoms with Crippen LogP contribution in [0.3, 0.4) is 0 Å². The average molecular weight is 272 g/mol. The zero-order valence-electron chi connectivity index (χ0n) is 7.44. The van der Waals surface area contributed by atoms with Crippen LogP contribution in [0, 0.1) is 0 Å². The van der Waals surface area contributed by atoms with Gasteiger partial charge in [-0.05, 0) is 18.2 Å². The van der Waals surface area contributed by atoms with Crippen LogP contribution in [0.25, 0.3) is 11.1 Å². The van der Waals surface area contributed by atoms with Gasteiger partial charge < -0.3 is 9.52 Å². The highest BCUT2D eigenvalue weighted by Crippen LogP contribution is 2.18. The molecular weight excluding hydrogens is 266 g/mol. The number of carboxylic acids is 1. The van der Waals surface area contributed by atoms with Crippen molar-refractivity contribution in [3.8, 4) is 0 Å². The van der Waals surface area contributed by atoms with Crippen molar-refractivity contribution in [3.63, 3.8) is 0 Å². The SMILES string of the molecule is O=C(O)Cn1c(=O)oc2cc(Br)ccc21. The third-order valence-corrected chi connectivity index (χ3v) is 2.42. The standard InChI is InChI=1S/C9H6BrNO4/c10-5-1-2-6-7(3-5)15-9(14)11(6)4-8(12)13/h1-3H,4H2,(H,12,13). The number of nitrogens with zero attached hydrogens (tertiary/aromatic N) is 1. The summed E-state index contributed by atoms with van der Waals surface area (Å²) in [6.45, 7) is -0.395. The Kier molecular flexibility index (Phi) is 2.36. The third-order valence-electron chi connectivity index (χ3n) is 1.92. The number of oxazole rings is 1. The predicted molar refractivity (Wildman–Crippen MR) is 55.8 cm³/mol. The minimum atomic E-state index is -1.08. The fourth-order valence-electron chi connectivity index (χ4n) is 1.33. The number of carbonyl (C=O) groups is 1. The van der Waals surface area contributed by atoms with Gasteiger partial charge in [-0.25, -0.2) is 4.79 Å². The molecule has 0 unspecified atom stereocenters. The summed E-state index contributed by atoms with van der Waals surface area (Å²) in [5, 5.41) is 8.61. The second kappa shape index (κ2) is 3.54. The maximum absolute atomic E-state index is 11.3. The molecule has 0 saturated carbocycles. The van der Waals surface area contributed by atoms with Crippen molar-refractivity contribution in [2.45, 2.75) is 6.54 Å². The van der Waals surface area contributed by atoms with E-state index in [-0.39, 0.29) is 0 Å². The molecule has 0 atom stereocenters. The Bertz CT molecular complexity index is 583. The lowest BCUT2D eigenvalue weighted by Gasteiger charge is -1.96. The van der Waals surface area contributed by atoms with Gasteiger partial charge in [0.25, 0.3) is 0 Å². The van der Waals surface area contributed by atoms with Crippen LogP contribution in [-0.2, 0) is 11.3 Å². The van der Waals surface area contributed by atoms with Crippen molar-refractivity contribution in [3.05, 3.63) is 33.2 Å². The van der Waals surface area contributed by atoms with E-state index in [2.05, 4.69) is 15.9 Å². The maximum Gasteiger partial charge on any atom is 0.420 e. The first-order valence-electron chi connectivity index (χ1n) is 4.08. The van der Waals surface area contributed by atoms with Gasteiger partial charge in [0.2, 0.25) is 0 Å². The molecule has 0 bridgehead atoms. The van der Waals surface area contributed by atoms with E-state index in [1.807, 2.05) is 0 Å². The fourth-order valence-corrected chi connectivity index (χ4v) is 1.67. The van der Waals surface area contributed by atoms with E-state index in [9.17, 15) is 9.59 Å². The number of aliphatic carboxylic acids is 1. The minimum Gasteiger partial charge on any atom is -0.480 e. The van der Waals surface area contributed by atoms with Crippen LogP contribution < -0.4 is 5.76 Å². The Hall–Kier alpha value is -1.56. The highest BCUT2D eigenvalue weighted by molar-refractivity contribution is 9.10. The molecular formula is C9H6BrNO4. The molecule has 1 heterocycles. The molecule has 0 aliphatic carbocycles. The lowest BCUT2D eigenvalue weighted by atomic mass is 10.3. The molecule has 78 valence electrons. The molecule has 0 amide bonds. The number of fused-ring (bicyclic) bond motifs is 1. The number of hydrogen-bond donors (Lipinski definition) is 1. The van der Waals surface area contributed by atoms with Crippen molar-refractivity contribution in [2.75, 3.05) is 0 Å². The fraction of sp³-hybridized carbons (Fsp3) is 0.111. The molecule has 2 aromatic rings. The molecule has 5 nitrogen and oxygen atoms in total. The Labute approximate surface area is 92.1 Å². The first-order chi connectivity index (χ1) is 7.08. The van der Waals surface area contributed by atoms with Crippen LogP contribution in [0.5, 0.6) is 0 Å². The van der Waals surface area contributed by atoms with Gasteiger partial charge in [-0.2, -0.15) is 0 Å². The smallest absolute Gasteiger partial charge is 0.420 e. The second-order valence-corrected chi connectivity index (χ2v) is 3.88. The highest BCUT2D eigenvalue weighted by atomic mass is 79.9. The quantitative estimate of drug-likeness (QED) is 0.897. The first kappa shape index (κ1) is 9.97. The molecule has 0 aliphatic rings. The molecule has 1 aromatic carbocycles. The third kappa shape index (κ3) is 1.80. The summed E-state index contributed by atoms with van der Waals surface area (Å²) in [5.41, 5.74) is 0.848. The molecule has 0 spiro atoms. The van der Waals surface area contributed by atoms with Gasteiger partial charge in [0.15, 0.2) is 5.58 Å². The number of carboxylic acid groups (broad SMARTS) is 1. The van der Waals surface area contributed by atoms with Crippen LogP contribution in [0.2, 0.25) is 0 Å². The molecule has 0 aliphatic heterocycles. The van der Waals surface area contributed by atoms with Crippen LogP contribution in [0.1, 0.15) is 0 Å². The Morgan fingerprint density at radius 1 is 1.53 bits per heavy atom. The Morgan fingerprint density at radius 3 is 2.93 bits per heavy atom. The molecule has 0 radical (unpaired) electrons. The van der Waals surface area contributed by atoms with Crippen molar-refractivity contribution < 1.29 is 14.3 Å². The predicted octanol–water partition coefficient (Wildman–Crippen LogP) is 1.44. The van der Waals surface area contributed by atoms with Gasteiger partial charge in [-0.3, -0.25) is 9.36 Å². The second-order valence-electron chi connectivity index (χ2n) is 2.96. The monoisotopic (exact) mass is 271 g/mol. The van der Waals surface area contributed by atoms with Crippen LogP contribution in [0.4, 0.5) is 0 Å². The lowest BCUT2D eigenvalue weighted by Crippen LogP contribution is -2.19. The van der Waals surface area contributed by atoms with Crippen LogP contribution >= 0.6 is 15.9 Å². The summed E-state index contributed by atoms with van der Waals surface area (Å²) in [5.74, 6) is -1.74. The first-order valence-corrected chi connectivity index (χ1v) is 4.88. The molecule has 15 heavy (non-hydrogen) atoms. The molecule has 1 N–H and O–H groups in total. The zero-order valence-corrected chi connectivity index (χ0v) is 9.02. The summed E-state index contributed by atoms with van der Waals surface area (Å²) < 4.78 is 6.74. The van der Waals surface area contributed by atoms with Crippen molar-refractivity contribution >= 4 is 33.0 Å². The maximum atomic E-state index is 11.3. The number of hydrogen-bond acceptors (Lipinski definition) is 3. The topological polar surface area (TPSA) is 72.4 Å². The van der Waals surface area contributed by atoms with E-state index in [1.54, 1.807) is 18.2 Å². The Morgan fingerprint density at radius 2 is 2.27 bits per heavy atom. The number of halogens is 1. The normalized spacial score (nSPS) is 10.7. The molecule has 6 heteroatoms. The van der Waals surface area contributed by atoms with Crippen molar-refractivity contribution in [2.24, 2.45) is 0 Å². The van der Waals surface area contributed by atoms with E-state index in [4.69, 9.17) is 9.52 Å². The number of benzene rings is 1. The van der Waals surface area contributed by atoms with Crippen LogP contribution in [-0.4, -0.2) is 15.6 Å². The van der Waals surface area contributed by atoms with E-state index in [1.165, 1.54) is 0 Å². The highest BCUT2D eigenvalue weighted by Gasteiger charge is 2.11. The van der Waals surface area contributed by atoms with Gasteiger partial charge >= 0.3 is 11.7 Å². The van der Waals surface area contributed by atoms with Gasteiger partial charge in [-0.1, -0.05) is 15.9 Å². The van der Waals surface area contributed by atoms with Crippen LogP contribution in [0.15, 0.2) is 31.9 Å². The van der Waals surface area contributed by atoms with Crippen molar-refractivity contribution in [1.29, 1.82) is 0 Å². The number of aromatic nitrogens is 1. The molecule has 1 aromatic heterocycles. The summed E-state index contributed by atoms with van der Waals surface area (Å²) in [6.07, 6.45) is 0. The Balaban J connectivity index is 2.68. The van der Waals surface area contributed by atoms with E-state index >= 15 is 0 Å². The number of rotatable bonds is 2. The van der Waals surface area contributed by atoms with E-state index < -0.39 is 18.3 Å². The summed E-state index contributed by atoms with van der Waals surface area (Å²) in [7, 11) is 0. The molecule has 2 rings (SSSR count). The summed E-state index contributed by atoms with van der Waals surface area (Å²) in [4.78, 5) is 21.8. The minimum absolute atomic E-state index is 0.371. The summed E-state index contributed by atoms with van der Waals surface area (Å²) >= 11 is 3.23. The van der Waals surface area contributed by atoms with Crippen molar-refractivity contribution in [1.82, 2.24) is 4.57 Å². The lowest BCUT2D eigenvalue weighted by molar-refractivity contribution is -0.137. The largest absolute Gasteiger partial charge is 0.480 e. The average Bonchev–Trinajstić information content (AvgIpc) is 2.41. The zero-order chi connectivity index (χ0) is 11.0. The van der Waals surface area contributed by atoms with E-state index in [0.29, 0.717) is 11.1 Å².